The maximum atomic E-state index is 13.8. The van der Waals surface area contributed by atoms with E-state index in [0.29, 0.717) is 45.9 Å². The number of hydrogen-bond donors (Lipinski definition) is 3. The highest BCUT2D eigenvalue weighted by Gasteiger charge is 2.23. The first kappa shape index (κ1) is 24.6. The highest BCUT2D eigenvalue weighted by atomic mass is 16.4. The molecule has 0 fully saturated rings. The average Bonchev–Trinajstić information content (AvgIpc) is 2.84. The molecule has 1 atom stereocenters. The molecular formula is C27H28N6O3. The Balaban J connectivity index is 1.95. The molecule has 2 aromatic carbocycles. The zero-order valence-electron chi connectivity index (χ0n) is 20.6. The van der Waals surface area contributed by atoms with Gasteiger partial charge < -0.3 is 16.2 Å². The Morgan fingerprint density at radius 1 is 1.11 bits per heavy atom. The Bertz CT molecular complexity index is 1540. The predicted molar refractivity (Wildman–Crippen MR) is 141 cm³/mol. The third kappa shape index (κ3) is 4.68. The number of aromatic nitrogens is 4. The summed E-state index contributed by atoms with van der Waals surface area (Å²) in [6.07, 6.45) is 2.06. The number of aliphatic carboxylic acids is 1. The Labute approximate surface area is 208 Å². The number of para-hydroxylation sites is 1. The van der Waals surface area contributed by atoms with E-state index in [1.807, 2.05) is 62.4 Å². The lowest BCUT2D eigenvalue weighted by molar-refractivity contribution is -0.132. The van der Waals surface area contributed by atoms with Crippen molar-refractivity contribution in [2.45, 2.75) is 40.2 Å². The number of benzene rings is 2. The normalized spacial score (nSPS) is 12.5. The second-order valence-electron chi connectivity index (χ2n) is 8.58. The first-order valence-corrected chi connectivity index (χ1v) is 11.6. The lowest BCUT2D eigenvalue weighted by Crippen LogP contribution is -2.29. The van der Waals surface area contributed by atoms with Crippen LogP contribution >= 0.6 is 0 Å². The number of nitrogen functional groups attached to an aromatic ring is 1. The summed E-state index contributed by atoms with van der Waals surface area (Å²) in [5.74, 6) is -0.122. The summed E-state index contributed by atoms with van der Waals surface area (Å²) < 4.78 is 1.62. The van der Waals surface area contributed by atoms with Gasteiger partial charge in [0.1, 0.15) is 11.6 Å². The van der Waals surface area contributed by atoms with Gasteiger partial charge in [0.15, 0.2) is 0 Å². The van der Waals surface area contributed by atoms with E-state index >= 15 is 0 Å². The van der Waals surface area contributed by atoms with E-state index in [2.05, 4.69) is 15.3 Å². The first-order chi connectivity index (χ1) is 17.2. The van der Waals surface area contributed by atoms with Gasteiger partial charge >= 0.3 is 5.97 Å². The largest absolute Gasteiger partial charge is 0.478 e. The van der Waals surface area contributed by atoms with Crippen LogP contribution in [0.15, 0.2) is 58.9 Å². The number of rotatable bonds is 7. The molecule has 0 bridgehead atoms. The van der Waals surface area contributed by atoms with Gasteiger partial charge in [-0.05, 0) is 57.0 Å². The van der Waals surface area contributed by atoms with Crippen LogP contribution in [-0.2, 0) is 4.79 Å². The molecule has 0 amide bonds. The Morgan fingerprint density at radius 2 is 1.83 bits per heavy atom. The fourth-order valence-corrected chi connectivity index (χ4v) is 4.15. The number of hydrogen-bond acceptors (Lipinski definition) is 7. The number of carboxylic acids is 1. The minimum atomic E-state index is -1.05. The van der Waals surface area contributed by atoms with E-state index in [1.54, 1.807) is 11.5 Å². The van der Waals surface area contributed by atoms with Crippen molar-refractivity contribution < 1.29 is 9.90 Å². The quantitative estimate of drug-likeness (QED) is 0.328. The van der Waals surface area contributed by atoms with E-state index in [0.717, 1.165) is 5.56 Å². The van der Waals surface area contributed by atoms with Crippen molar-refractivity contribution in [1.82, 2.24) is 19.5 Å². The third-order valence-electron chi connectivity index (χ3n) is 6.03. The average molecular weight is 485 g/mol. The summed E-state index contributed by atoms with van der Waals surface area (Å²) >= 11 is 0. The number of nitrogens with two attached hydrogens (primary N) is 1. The fourth-order valence-electron chi connectivity index (χ4n) is 4.15. The van der Waals surface area contributed by atoms with Crippen LogP contribution in [0.25, 0.3) is 22.7 Å². The Hall–Kier alpha value is -4.53. The molecule has 9 heteroatoms. The molecule has 9 nitrogen and oxygen atoms in total. The molecule has 2 heterocycles. The van der Waals surface area contributed by atoms with E-state index < -0.39 is 12.0 Å². The molecule has 0 spiro atoms. The molecule has 4 aromatic rings. The molecule has 4 rings (SSSR count). The van der Waals surface area contributed by atoms with Crippen LogP contribution in [0.4, 0.5) is 11.8 Å². The SMILES string of the molecule is CCC(Nc1nc(N)nc(C)c1/C=C(\C)C(=O)O)c1nc2cccc(C)c2c(=O)n1-c1ccccc1. The molecule has 0 saturated carbocycles. The van der Waals surface area contributed by atoms with E-state index in [1.165, 1.54) is 13.0 Å². The highest BCUT2D eigenvalue weighted by Crippen LogP contribution is 2.28. The number of anilines is 2. The molecule has 1 unspecified atom stereocenters. The van der Waals surface area contributed by atoms with Crippen molar-refractivity contribution in [2.75, 3.05) is 11.1 Å². The van der Waals surface area contributed by atoms with Gasteiger partial charge in [-0.1, -0.05) is 37.3 Å². The van der Waals surface area contributed by atoms with Gasteiger partial charge in [0.05, 0.1) is 28.3 Å². The predicted octanol–water partition coefficient (Wildman–Crippen LogP) is 4.43. The number of nitrogens with zero attached hydrogens (tertiary/aromatic N) is 4. The molecule has 4 N–H and O–H groups in total. The number of carboxylic acid groups (broad SMARTS) is 1. The molecule has 36 heavy (non-hydrogen) atoms. The van der Waals surface area contributed by atoms with Gasteiger partial charge in [0.2, 0.25) is 5.95 Å². The van der Waals surface area contributed by atoms with Crippen LogP contribution in [0, 0.1) is 13.8 Å². The van der Waals surface area contributed by atoms with Gasteiger partial charge in [-0.3, -0.25) is 9.36 Å². The van der Waals surface area contributed by atoms with Gasteiger partial charge in [0.25, 0.3) is 5.56 Å². The highest BCUT2D eigenvalue weighted by molar-refractivity contribution is 5.92. The van der Waals surface area contributed by atoms with E-state index in [9.17, 15) is 14.7 Å². The second-order valence-corrected chi connectivity index (χ2v) is 8.58. The summed E-state index contributed by atoms with van der Waals surface area (Å²) in [5.41, 5.74) is 9.08. The van der Waals surface area contributed by atoms with Crippen LogP contribution in [0.1, 0.15) is 49.0 Å². The first-order valence-electron chi connectivity index (χ1n) is 11.6. The second kappa shape index (κ2) is 9.99. The molecule has 0 aliphatic rings. The van der Waals surface area contributed by atoms with Crippen molar-refractivity contribution >= 4 is 34.7 Å². The fraction of sp³-hybridized carbons (Fsp3) is 0.222. The van der Waals surface area contributed by atoms with E-state index in [4.69, 9.17) is 10.7 Å². The van der Waals surface area contributed by atoms with Crippen molar-refractivity contribution in [1.29, 1.82) is 0 Å². The van der Waals surface area contributed by atoms with Gasteiger partial charge in [-0.2, -0.15) is 4.98 Å². The van der Waals surface area contributed by atoms with Crippen LogP contribution in [0.5, 0.6) is 0 Å². The van der Waals surface area contributed by atoms with Crippen molar-refractivity contribution in [3.63, 3.8) is 0 Å². The molecule has 0 aliphatic heterocycles. The van der Waals surface area contributed by atoms with Crippen LogP contribution < -0.4 is 16.6 Å². The van der Waals surface area contributed by atoms with Crippen LogP contribution in [0.3, 0.4) is 0 Å². The zero-order chi connectivity index (χ0) is 26.0. The van der Waals surface area contributed by atoms with Crippen LogP contribution in [-0.4, -0.2) is 30.6 Å². The lowest BCUT2D eigenvalue weighted by atomic mass is 10.1. The number of carbonyl (C=O) groups is 1. The number of aryl methyl sites for hydroxylation is 2. The summed E-state index contributed by atoms with van der Waals surface area (Å²) in [6.45, 7) is 7.10. The zero-order valence-corrected chi connectivity index (χ0v) is 20.6. The van der Waals surface area contributed by atoms with E-state index in [-0.39, 0.29) is 17.1 Å². The topological polar surface area (TPSA) is 136 Å². The van der Waals surface area contributed by atoms with Crippen molar-refractivity contribution in [2.24, 2.45) is 0 Å². The van der Waals surface area contributed by atoms with Crippen LogP contribution in [0.2, 0.25) is 0 Å². The molecule has 2 aromatic heterocycles. The van der Waals surface area contributed by atoms with Crippen molar-refractivity contribution in [3.05, 3.63) is 87.1 Å². The maximum absolute atomic E-state index is 13.8. The molecular weight excluding hydrogens is 456 g/mol. The molecule has 0 aliphatic carbocycles. The van der Waals surface area contributed by atoms with Crippen molar-refractivity contribution in [3.8, 4) is 5.69 Å². The Kier molecular flexibility index (Phi) is 6.82. The summed E-state index contributed by atoms with van der Waals surface area (Å²) in [4.78, 5) is 38.8. The summed E-state index contributed by atoms with van der Waals surface area (Å²) in [7, 11) is 0. The smallest absolute Gasteiger partial charge is 0.331 e. The maximum Gasteiger partial charge on any atom is 0.331 e. The Morgan fingerprint density at radius 3 is 2.50 bits per heavy atom. The summed E-state index contributed by atoms with van der Waals surface area (Å²) in [5, 5.41) is 13.3. The van der Waals surface area contributed by atoms with Gasteiger partial charge in [-0.15, -0.1) is 0 Å². The molecule has 0 saturated heterocycles. The summed E-state index contributed by atoms with van der Waals surface area (Å²) in [6, 6.07) is 14.5. The minimum absolute atomic E-state index is 0.0533. The third-order valence-corrected chi connectivity index (χ3v) is 6.03. The van der Waals surface area contributed by atoms with Gasteiger partial charge in [-0.25, -0.2) is 14.8 Å². The number of nitrogens with one attached hydrogen (secondary N) is 1. The minimum Gasteiger partial charge on any atom is -0.478 e. The monoisotopic (exact) mass is 484 g/mol. The lowest BCUT2D eigenvalue weighted by Gasteiger charge is -2.23. The number of fused-ring (bicyclic) bond motifs is 1. The van der Waals surface area contributed by atoms with Gasteiger partial charge in [0, 0.05) is 11.1 Å². The molecule has 184 valence electrons. The molecule has 0 radical (unpaired) electrons. The standard InChI is InChI=1S/C27H28N6O3/c1-5-20(30-23-19(14-16(3)26(35)36)17(4)29-27(28)32-23)24-31-21-13-9-10-15(2)22(21)25(34)33(24)18-11-7-6-8-12-18/h6-14,20H,5H2,1-4H3,(H,35,36)(H3,28,29,30,32)/b16-14+.